The van der Waals surface area contributed by atoms with Crippen LogP contribution in [0.5, 0.6) is 0 Å². The summed E-state index contributed by atoms with van der Waals surface area (Å²) < 4.78 is 0. The molecule has 1 unspecified atom stereocenters. The molecular weight excluding hydrogens is 352 g/mol. The summed E-state index contributed by atoms with van der Waals surface area (Å²) in [5, 5.41) is 0. The maximum Gasteiger partial charge on any atom is 0.179 e. The van der Waals surface area contributed by atoms with Crippen molar-refractivity contribution in [2.24, 2.45) is 10.7 Å². The zero-order chi connectivity index (χ0) is 20.8. The molecule has 150 valence electrons. The average molecular weight is 389 g/mol. The summed E-state index contributed by atoms with van der Waals surface area (Å²) in [5.74, 6) is 0.440. The SMILES string of the molecule is C=CC(=O)/C=C1/Sc2cc(C(CC)CCCN)ccc2N=C1C.CC.CC. The lowest BCUT2D eigenvalue weighted by Crippen LogP contribution is -2.05. The van der Waals surface area contributed by atoms with Crippen molar-refractivity contribution in [1.82, 2.24) is 0 Å². The van der Waals surface area contributed by atoms with E-state index in [2.05, 4.69) is 36.7 Å². The number of nitrogens with two attached hydrogens (primary N) is 1. The van der Waals surface area contributed by atoms with Crippen molar-refractivity contribution in [3.05, 3.63) is 47.4 Å². The van der Waals surface area contributed by atoms with Gasteiger partial charge in [-0.25, -0.2) is 0 Å². The van der Waals surface area contributed by atoms with Crippen LogP contribution in [0, 0.1) is 0 Å². The third kappa shape index (κ3) is 7.86. The van der Waals surface area contributed by atoms with Crippen molar-refractivity contribution in [3.63, 3.8) is 0 Å². The maximum atomic E-state index is 11.6. The van der Waals surface area contributed by atoms with E-state index in [9.17, 15) is 4.79 Å². The van der Waals surface area contributed by atoms with Crippen molar-refractivity contribution in [2.75, 3.05) is 6.54 Å². The summed E-state index contributed by atoms with van der Waals surface area (Å²) >= 11 is 1.61. The molecule has 27 heavy (non-hydrogen) atoms. The first kappa shape index (κ1) is 25.4. The van der Waals surface area contributed by atoms with Crippen LogP contribution < -0.4 is 5.73 Å². The number of hydrogen-bond donors (Lipinski definition) is 1. The molecule has 2 rings (SSSR count). The summed E-state index contributed by atoms with van der Waals surface area (Å²) in [6.07, 6.45) is 6.18. The number of aliphatic imine (C=N–C) groups is 1. The molecule has 1 aromatic rings. The van der Waals surface area contributed by atoms with Crippen LogP contribution in [0.25, 0.3) is 0 Å². The Bertz CT molecular complexity index is 662. The molecule has 1 aliphatic heterocycles. The molecule has 0 aromatic heterocycles. The fourth-order valence-electron chi connectivity index (χ4n) is 2.68. The molecule has 0 amide bonds. The molecule has 1 atom stereocenters. The van der Waals surface area contributed by atoms with Gasteiger partial charge in [0.15, 0.2) is 5.78 Å². The topological polar surface area (TPSA) is 55.5 Å². The van der Waals surface area contributed by atoms with Gasteiger partial charge in [0.25, 0.3) is 0 Å². The number of carbonyl (C=O) groups excluding carboxylic acids is 1. The highest BCUT2D eigenvalue weighted by atomic mass is 32.2. The number of allylic oxidation sites excluding steroid dienone is 3. The number of nitrogens with zero attached hydrogens (tertiary/aromatic N) is 1. The lowest BCUT2D eigenvalue weighted by Gasteiger charge is -2.20. The van der Waals surface area contributed by atoms with E-state index in [1.54, 1.807) is 17.8 Å². The molecule has 0 spiro atoms. The van der Waals surface area contributed by atoms with Gasteiger partial charge in [0.05, 0.1) is 11.4 Å². The van der Waals surface area contributed by atoms with Crippen LogP contribution in [0.4, 0.5) is 5.69 Å². The minimum Gasteiger partial charge on any atom is -0.330 e. The second-order valence-electron chi connectivity index (χ2n) is 5.68. The molecule has 3 nitrogen and oxygen atoms in total. The lowest BCUT2D eigenvalue weighted by atomic mass is 9.92. The predicted octanol–water partition coefficient (Wildman–Crippen LogP) is 6.81. The molecule has 0 fully saturated rings. The van der Waals surface area contributed by atoms with E-state index in [0.717, 1.165) is 47.0 Å². The minimum atomic E-state index is -0.0870. The van der Waals surface area contributed by atoms with Crippen molar-refractivity contribution < 1.29 is 4.79 Å². The van der Waals surface area contributed by atoms with Crippen LogP contribution in [0.3, 0.4) is 0 Å². The molecule has 0 aliphatic carbocycles. The Balaban J connectivity index is 0.00000158. The summed E-state index contributed by atoms with van der Waals surface area (Å²) in [7, 11) is 0. The number of carbonyl (C=O) groups is 1. The number of rotatable bonds is 7. The van der Waals surface area contributed by atoms with Gasteiger partial charge in [-0.2, -0.15) is 0 Å². The van der Waals surface area contributed by atoms with E-state index in [4.69, 9.17) is 5.73 Å². The Morgan fingerprint density at radius 3 is 2.52 bits per heavy atom. The normalized spacial score (nSPS) is 14.6. The van der Waals surface area contributed by atoms with Crippen LogP contribution in [0.2, 0.25) is 0 Å². The van der Waals surface area contributed by atoms with Gasteiger partial charge in [-0.15, -0.1) is 0 Å². The van der Waals surface area contributed by atoms with Gasteiger partial charge in [-0.3, -0.25) is 9.79 Å². The zero-order valence-corrected chi connectivity index (χ0v) is 18.7. The van der Waals surface area contributed by atoms with Gasteiger partial charge >= 0.3 is 0 Å². The Hall–Kier alpha value is -1.65. The Labute approximate surface area is 170 Å². The van der Waals surface area contributed by atoms with Gasteiger partial charge in [0, 0.05) is 15.9 Å². The first-order chi connectivity index (χ1) is 13.1. The Kier molecular flexibility index (Phi) is 13.5. The van der Waals surface area contributed by atoms with Crippen molar-refractivity contribution >= 4 is 28.9 Å². The van der Waals surface area contributed by atoms with Crippen LogP contribution in [0.1, 0.15) is 72.3 Å². The van der Waals surface area contributed by atoms with Gasteiger partial charge in [-0.05, 0) is 62.4 Å². The van der Waals surface area contributed by atoms with Crippen LogP contribution in [-0.4, -0.2) is 18.0 Å². The highest BCUT2D eigenvalue weighted by Crippen LogP contribution is 2.42. The van der Waals surface area contributed by atoms with Crippen LogP contribution in [-0.2, 0) is 4.79 Å². The van der Waals surface area contributed by atoms with E-state index >= 15 is 0 Å². The molecule has 2 N–H and O–H groups in total. The van der Waals surface area contributed by atoms with Crippen molar-refractivity contribution in [3.8, 4) is 0 Å². The Morgan fingerprint density at radius 1 is 1.30 bits per heavy atom. The quantitative estimate of drug-likeness (QED) is 0.522. The van der Waals surface area contributed by atoms with E-state index in [1.165, 1.54) is 11.6 Å². The third-order valence-corrected chi connectivity index (χ3v) is 5.22. The lowest BCUT2D eigenvalue weighted by molar-refractivity contribution is -0.110. The number of thioether (sulfide) groups is 1. The minimum absolute atomic E-state index is 0.0870. The molecule has 4 heteroatoms. The first-order valence-corrected chi connectivity index (χ1v) is 10.9. The smallest absolute Gasteiger partial charge is 0.179 e. The molecule has 1 heterocycles. The van der Waals surface area contributed by atoms with E-state index in [-0.39, 0.29) is 5.78 Å². The van der Waals surface area contributed by atoms with E-state index in [0.29, 0.717) is 5.92 Å². The third-order valence-electron chi connectivity index (χ3n) is 4.04. The van der Waals surface area contributed by atoms with Gasteiger partial charge in [0.2, 0.25) is 0 Å². The summed E-state index contributed by atoms with van der Waals surface area (Å²) in [6, 6.07) is 6.47. The largest absolute Gasteiger partial charge is 0.330 e. The average Bonchev–Trinajstić information content (AvgIpc) is 2.72. The maximum absolute atomic E-state index is 11.6. The van der Waals surface area contributed by atoms with Crippen molar-refractivity contribution in [1.29, 1.82) is 0 Å². The number of fused-ring (bicyclic) bond motifs is 1. The molecule has 0 saturated carbocycles. The molecule has 1 aliphatic rings. The van der Waals surface area contributed by atoms with Gasteiger partial charge in [0.1, 0.15) is 0 Å². The first-order valence-electron chi connectivity index (χ1n) is 10.0. The highest BCUT2D eigenvalue weighted by Gasteiger charge is 2.18. The zero-order valence-electron chi connectivity index (χ0n) is 17.8. The van der Waals surface area contributed by atoms with Crippen molar-refractivity contribution in [2.45, 2.75) is 71.6 Å². The molecule has 0 bridgehead atoms. The van der Waals surface area contributed by atoms with Crippen LogP contribution in [0.15, 0.2) is 51.7 Å². The molecular formula is C23H36N2OS. The number of benzene rings is 1. The number of hydrogen-bond acceptors (Lipinski definition) is 4. The summed E-state index contributed by atoms with van der Waals surface area (Å²) in [4.78, 5) is 18.2. The second kappa shape index (κ2) is 14.4. The fraction of sp³-hybridized carbons (Fsp3) is 0.478. The predicted molar refractivity (Wildman–Crippen MR) is 122 cm³/mol. The van der Waals surface area contributed by atoms with Gasteiger partial charge < -0.3 is 5.73 Å². The van der Waals surface area contributed by atoms with E-state index in [1.807, 2.05) is 34.6 Å². The second-order valence-corrected chi connectivity index (χ2v) is 6.76. The van der Waals surface area contributed by atoms with Gasteiger partial charge in [-0.1, -0.05) is 59.0 Å². The monoisotopic (exact) mass is 388 g/mol. The molecule has 0 saturated heterocycles. The van der Waals surface area contributed by atoms with E-state index < -0.39 is 0 Å². The number of ketones is 1. The molecule has 1 aromatic carbocycles. The van der Waals surface area contributed by atoms with Crippen LogP contribution >= 0.6 is 11.8 Å². The Morgan fingerprint density at radius 2 is 1.96 bits per heavy atom. The fourth-order valence-corrected chi connectivity index (χ4v) is 3.70. The summed E-state index contributed by atoms with van der Waals surface area (Å²) in [6.45, 7) is 16.4. The summed E-state index contributed by atoms with van der Waals surface area (Å²) in [5.41, 5.74) is 8.83. The molecule has 0 radical (unpaired) electrons. The standard InChI is InChI=1S/C19H24N2OS.2C2H6/c1-4-14(7-6-10-20)15-8-9-17-19(11-15)23-18(13(3)21-17)12-16(22)5-2;2*1-2/h5,8-9,11-12,14H,2,4,6-7,10,20H2,1,3H3;2*1-2H3/b18-12+;;. The highest BCUT2D eigenvalue weighted by molar-refractivity contribution is 8.04.